The summed E-state index contributed by atoms with van der Waals surface area (Å²) in [4.78, 5) is 2.65. The van der Waals surface area contributed by atoms with Crippen LogP contribution in [0.4, 0.5) is 0 Å². The van der Waals surface area contributed by atoms with Crippen LogP contribution in [0.15, 0.2) is 79.0 Å². The van der Waals surface area contributed by atoms with Crippen LogP contribution in [0.2, 0.25) is 0 Å². The zero-order valence-corrected chi connectivity index (χ0v) is 18.7. The van der Waals surface area contributed by atoms with E-state index in [0.717, 1.165) is 13.1 Å². The van der Waals surface area contributed by atoms with Crippen LogP contribution in [-0.4, -0.2) is 22.6 Å². The summed E-state index contributed by atoms with van der Waals surface area (Å²) >= 11 is 0. The number of rotatable bonds is 5. The monoisotopic (exact) mass is 408 g/mol. The van der Waals surface area contributed by atoms with Crippen LogP contribution >= 0.6 is 0 Å². The van der Waals surface area contributed by atoms with Crippen molar-refractivity contribution in [3.05, 3.63) is 107 Å². The van der Waals surface area contributed by atoms with Gasteiger partial charge in [-0.1, -0.05) is 66.7 Å². The summed E-state index contributed by atoms with van der Waals surface area (Å²) in [5.74, 6) is 0.705. The molecule has 1 aliphatic heterocycles. The summed E-state index contributed by atoms with van der Waals surface area (Å²) in [6.45, 7) is 8.87. The predicted molar refractivity (Wildman–Crippen MR) is 131 cm³/mol. The number of nitrogens with zero attached hydrogens (tertiary/aromatic N) is 2. The van der Waals surface area contributed by atoms with Gasteiger partial charge in [0, 0.05) is 30.2 Å². The Morgan fingerprint density at radius 1 is 0.742 bits per heavy atom. The third-order valence-electron chi connectivity index (χ3n) is 7.00. The van der Waals surface area contributed by atoms with E-state index in [1.807, 2.05) is 0 Å². The first-order valence-corrected chi connectivity index (χ1v) is 11.6. The van der Waals surface area contributed by atoms with Crippen LogP contribution in [0.5, 0.6) is 0 Å². The molecule has 3 aromatic carbocycles. The molecule has 0 unspecified atom stereocenters. The smallest absolute Gasteiger partial charge is 0.0486 e. The summed E-state index contributed by atoms with van der Waals surface area (Å²) in [6.07, 6.45) is 4.90. The van der Waals surface area contributed by atoms with Gasteiger partial charge in [0.25, 0.3) is 0 Å². The van der Waals surface area contributed by atoms with Gasteiger partial charge in [0.2, 0.25) is 0 Å². The summed E-state index contributed by atoms with van der Waals surface area (Å²) in [7, 11) is 0. The van der Waals surface area contributed by atoms with E-state index in [4.69, 9.17) is 0 Å². The predicted octanol–water partition coefficient (Wildman–Crippen LogP) is 6.69. The number of aryl methyl sites for hydroxylation is 2. The van der Waals surface area contributed by atoms with Crippen LogP contribution < -0.4 is 0 Å². The third kappa shape index (κ3) is 4.18. The zero-order valence-electron chi connectivity index (χ0n) is 18.7. The van der Waals surface area contributed by atoms with Gasteiger partial charge in [-0.15, -0.1) is 0 Å². The number of hydrogen-bond acceptors (Lipinski definition) is 1. The quantitative estimate of drug-likeness (QED) is 0.357. The second-order valence-corrected chi connectivity index (χ2v) is 9.14. The molecule has 0 N–H and O–H groups in total. The van der Waals surface area contributed by atoms with Crippen LogP contribution in [-0.2, 0) is 13.1 Å². The summed E-state index contributed by atoms with van der Waals surface area (Å²) in [5, 5.41) is 1.40. The molecule has 4 aromatic rings. The van der Waals surface area contributed by atoms with Crippen molar-refractivity contribution in [3.8, 4) is 0 Å². The Morgan fingerprint density at radius 3 is 2.16 bits per heavy atom. The Bertz CT molecular complexity index is 1140. The average Bonchev–Trinajstić information content (AvgIpc) is 3.13. The van der Waals surface area contributed by atoms with E-state index in [1.165, 1.54) is 59.1 Å². The molecule has 5 rings (SSSR count). The second kappa shape index (κ2) is 8.72. The summed E-state index contributed by atoms with van der Waals surface area (Å²) < 4.78 is 2.42. The Hall–Kier alpha value is -2.84. The molecule has 0 saturated carbocycles. The number of hydrogen-bond donors (Lipinski definition) is 0. The van der Waals surface area contributed by atoms with E-state index in [-0.39, 0.29) is 0 Å². The van der Waals surface area contributed by atoms with Crippen molar-refractivity contribution < 1.29 is 0 Å². The second-order valence-electron chi connectivity index (χ2n) is 9.14. The van der Waals surface area contributed by atoms with Gasteiger partial charge in [-0.3, -0.25) is 4.90 Å². The average molecular weight is 409 g/mol. The highest BCUT2D eigenvalue weighted by molar-refractivity contribution is 5.84. The van der Waals surface area contributed by atoms with Gasteiger partial charge < -0.3 is 4.57 Å². The summed E-state index contributed by atoms with van der Waals surface area (Å²) in [6, 6.07) is 26.4. The first-order chi connectivity index (χ1) is 15.2. The molecule has 2 nitrogen and oxygen atoms in total. The molecule has 1 aliphatic rings. The topological polar surface area (TPSA) is 8.17 Å². The highest BCUT2D eigenvalue weighted by Gasteiger charge is 2.23. The molecule has 0 radical (unpaired) electrons. The maximum Gasteiger partial charge on any atom is 0.0486 e. The molecule has 1 aromatic heterocycles. The summed E-state index contributed by atoms with van der Waals surface area (Å²) in [5.41, 5.74) is 8.67. The number of aromatic nitrogens is 1. The molecule has 0 bridgehead atoms. The molecule has 1 fully saturated rings. The minimum absolute atomic E-state index is 0.705. The van der Waals surface area contributed by atoms with Gasteiger partial charge in [0.15, 0.2) is 0 Å². The zero-order chi connectivity index (χ0) is 21.2. The van der Waals surface area contributed by atoms with Crippen LogP contribution in [0.3, 0.4) is 0 Å². The minimum atomic E-state index is 0.705. The van der Waals surface area contributed by atoms with Crippen molar-refractivity contribution >= 4 is 10.9 Å². The Balaban J connectivity index is 1.32. The maximum absolute atomic E-state index is 2.65. The molecule has 0 aliphatic carbocycles. The van der Waals surface area contributed by atoms with Crippen LogP contribution in [0.1, 0.15) is 46.6 Å². The first-order valence-electron chi connectivity index (χ1n) is 11.6. The number of likely N-dealkylation sites (tertiary alicyclic amines) is 1. The van der Waals surface area contributed by atoms with Crippen LogP contribution in [0.25, 0.3) is 10.9 Å². The van der Waals surface area contributed by atoms with Gasteiger partial charge >= 0.3 is 0 Å². The molecular weight excluding hydrogens is 376 g/mol. The highest BCUT2D eigenvalue weighted by atomic mass is 15.1. The number of para-hydroxylation sites is 1. The van der Waals surface area contributed by atoms with Crippen molar-refractivity contribution in [1.82, 2.24) is 9.47 Å². The lowest BCUT2D eigenvalue weighted by Crippen LogP contribution is -2.32. The van der Waals surface area contributed by atoms with Crippen LogP contribution in [0, 0.1) is 13.8 Å². The SMILES string of the molecule is Cc1cccc(C)c1C1CCN(Cc2cn(Cc3ccccc3)c3ccccc23)CC1. The first kappa shape index (κ1) is 20.1. The van der Waals surface area contributed by atoms with E-state index in [2.05, 4.69) is 102 Å². The lowest BCUT2D eigenvalue weighted by Gasteiger charge is -2.33. The van der Waals surface area contributed by atoms with E-state index in [0.29, 0.717) is 5.92 Å². The molecule has 2 heterocycles. The van der Waals surface area contributed by atoms with E-state index in [1.54, 1.807) is 5.56 Å². The third-order valence-corrected chi connectivity index (χ3v) is 7.00. The lowest BCUT2D eigenvalue weighted by molar-refractivity contribution is 0.205. The number of piperidine rings is 1. The molecule has 0 spiro atoms. The van der Waals surface area contributed by atoms with Gasteiger partial charge in [-0.25, -0.2) is 0 Å². The fourth-order valence-electron chi connectivity index (χ4n) is 5.45. The fraction of sp³-hybridized carbons (Fsp3) is 0.310. The van der Waals surface area contributed by atoms with Gasteiger partial charge in [0.1, 0.15) is 0 Å². The van der Waals surface area contributed by atoms with Gasteiger partial charge in [-0.2, -0.15) is 0 Å². The molecule has 0 amide bonds. The van der Waals surface area contributed by atoms with Crippen molar-refractivity contribution in [2.45, 2.75) is 45.7 Å². The molecule has 158 valence electrons. The Morgan fingerprint density at radius 2 is 1.42 bits per heavy atom. The van der Waals surface area contributed by atoms with Crippen molar-refractivity contribution in [1.29, 1.82) is 0 Å². The van der Waals surface area contributed by atoms with E-state index < -0.39 is 0 Å². The van der Waals surface area contributed by atoms with Crippen molar-refractivity contribution in [2.75, 3.05) is 13.1 Å². The minimum Gasteiger partial charge on any atom is -0.343 e. The molecule has 0 atom stereocenters. The van der Waals surface area contributed by atoms with Gasteiger partial charge in [-0.05, 0) is 79.6 Å². The normalized spacial score (nSPS) is 15.5. The van der Waals surface area contributed by atoms with Gasteiger partial charge in [0.05, 0.1) is 0 Å². The molecule has 31 heavy (non-hydrogen) atoms. The Kier molecular flexibility index (Phi) is 5.65. The standard InChI is InChI=1S/C29H32N2/c1-22-9-8-10-23(2)29(22)25-15-17-30(18-16-25)20-26-21-31(19-24-11-4-3-5-12-24)28-14-7-6-13-27(26)28/h3-14,21,25H,15-20H2,1-2H3. The lowest BCUT2D eigenvalue weighted by atomic mass is 9.84. The largest absolute Gasteiger partial charge is 0.343 e. The van der Waals surface area contributed by atoms with E-state index >= 15 is 0 Å². The highest BCUT2D eigenvalue weighted by Crippen LogP contribution is 2.33. The number of benzene rings is 3. The fourth-order valence-corrected chi connectivity index (χ4v) is 5.45. The Labute approximate surface area is 186 Å². The van der Waals surface area contributed by atoms with Crippen molar-refractivity contribution in [2.24, 2.45) is 0 Å². The van der Waals surface area contributed by atoms with Crippen molar-refractivity contribution in [3.63, 3.8) is 0 Å². The van der Waals surface area contributed by atoms with E-state index in [9.17, 15) is 0 Å². The number of fused-ring (bicyclic) bond motifs is 1. The molecule has 2 heteroatoms. The maximum atomic E-state index is 2.65. The molecular formula is C29H32N2. The molecule has 1 saturated heterocycles.